The number of aromatic nitrogens is 1. The van der Waals surface area contributed by atoms with Crippen molar-refractivity contribution in [1.29, 1.82) is 0 Å². The molecule has 1 heterocycles. The van der Waals surface area contributed by atoms with Crippen LogP contribution >= 0.6 is 0 Å². The van der Waals surface area contributed by atoms with Crippen LogP contribution in [0.25, 0.3) is 32.6 Å². The maximum Gasteiger partial charge on any atom is 0.0741 e. The summed E-state index contributed by atoms with van der Waals surface area (Å²) in [7, 11) is 0. The van der Waals surface area contributed by atoms with Gasteiger partial charge in [-0.05, 0) is 46.9 Å². The Morgan fingerprint density at radius 2 is 1.19 bits per heavy atom. The Labute approximate surface area is 152 Å². The summed E-state index contributed by atoms with van der Waals surface area (Å²) in [4.78, 5) is 4.95. The van der Waals surface area contributed by atoms with Gasteiger partial charge < -0.3 is 0 Å². The highest BCUT2D eigenvalue weighted by molar-refractivity contribution is 5.94. The lowest BCUT2D eigenvalue weighted by Gasteiger charge is -2.09. The molecule has 0 amide bonds. The molecule has 4 aromatic carbocycles. The first kappa shape index (κ1) is 15.1. The van der Waals surface area contributed by atoms with E-state index in [0.29, 0.717) is 0 Å². The summed E-state index contributed by atoms with van der Waals surface area (Å²) in [5.74, 6) is 0. The number of nitrogens with zero attached hydrogens (tertiary/aromatic N) is 1. The van der Waals surface area contributed by atoms with Crippen LogP contribution in [0.5, 0.6) is 0 Å². The van der Waals surface area contributed by atoms with Crippen LogP contribution in [0.15, 0.2) is 91.0 Å². The number of hydrogen-bond donors (Lipinski definition) is 0. The number of benzene rings is 4. The van der Waals surface area contributed by atoms with Crippen molar-refractivity contribution in [1.82, 2.24) is 4.98 Å². The average molecular weight is 333 g/mol. The molecule has 0 aliphatic heterocycles. The summed E-state index contributed by atoms with van der Waals surface area (Å²) < 4.78 is 0. The van der Waals surface area contributed by atoms with E-state index in [1.165, 1.54) is 32.7 Å². The van der Waals surface area contributed by atoms with E-state index in [1.807, 2.05) is 0 Å². The van der Waals surface area contributed by atoms with Crippen molar-refractivity contribution in [2.24, 2.45) is 0 Å². The molecule has 26 heavy (non-hydrogen) atoms. The van der Waals surface area contributed by atoms with Gasteiger partial charge >= 0.3 is 0 Å². The van der Waals surface area contributed by atoms with E-state index in [9.17, 15) is 0 Å². The molecule has 0 radical (unpaired) electrons. The van der Waals surface area contributed by atoms with Crippen molar-refractivity contribution >= 4 is 32.6 Å². The van der Waals surface area contributed by atoms with Crippen LogP contribution in [0.2, 0.25) is 0 Å². The monoisotopic (exact) mass is 333 g/mol. The molecule has 124 valence electrons. The summed E-state index contributed by atoms with van der Waals surface area (Å²) >= 11 is 0. The maximum absolute atomic E-state index is 4.95. The molecule has 1 aromatic heterocycles. The molecule has 0 aliphatic carbocycles. The number of para-hydroxylation sites is 2. The van der Waals surface area contributed by atoms with Gasteiger partial charge in [-0.3, -0.25) is 0 Å². The Bertz CT molecular complexity index is 1230. The smallest absolute Gasteiger partial charge is 0.0741 e. The fourth-order valence-electron chi connectivity index (χ4n) is 3.84. The van der Waals surface area contributed by atoms with E-state index in [2.05, 4.69) is 91.0 Å². The quantitative estimate of drug-likeness (QED) is 0.352. The first-order valence-corrected chi connectivity index (χ1v) is 9.12. The number of fused-ring (bicyclic) bond motifs is 3. The fraction of sp³-hybridized carbons (Fsp3) is 0.0800. The first-order valence-electron chi connectivity index (χ1n) is 9.12. The van der Waals surface area contributed by atoms with Crippen LogP contribution in [0.4, 0.5) is 0 Å². The van der Waals surface area contributed by atoms with Gasteiger partial charge in [0.1, 0.15) is 0 Å². The molecule has 5 rings (SSSR count). The zero-order valence-electron chi connectivity index (χ0n) is 14.5. The molecule has 5 aromatic rings. The topological polar surface area (TPSA) is 12.9 Å². The zero-order chi connectivity index (χ0) is 17.3. The minimum atomic E-state index is 0.997. The Balaban J connectivity index is 1.56. The second-order valence-electron chi connectivity index (χ2n) is 6.81. The summed E-state index contributed by atoms with van der Waals surface area (Å²) in [5.41, 5.74) is 4.92. The summed E-state index contributed by atoms with van der Waals surface area (Å²) in [6.45, 7) is 0. The van der Waals surface area contributed by atoms with E-state index in [-0.39, 0.29) is 0 Å². The van der Waals surface area contributed by atoms with Gasteiger partial charge in [-0.15, -0.1) is 0 Å². The minimum Gasteiger partial charge on any atom is -0.248 e. The summed E-state index contributed by atoms with van der Waals surface area (Å²) in [6.07, 6.45) is 2.02. The first-order chi connectivity index (χ1) is 12.9. The molecule has 0 fully saturated rings. The maximum atomic E-state index is 4.95. The third-order valence-corrected chi connectivity index (χ3v) is 5.17. The van der Waals surface area contributed by atoms with Gasteiger partial charge in [-0.25, -0.2) is 4.98 Å². The predicted octanol–water partition coefficient (Wildman–Crippen LogP) is 6.33. The molecule has 0 N–H and O–H groups in total. The van der Waals surface area contributed by atoms with Crippen LogP contribution < -0.4 is 0 Å². The molecule has 1 nitrogen and oxygen atoms in total. The van der Waals surface area contributed by atoms with E-state index in [1.54, 1.807) is 0 Å². The number of rotatable bonds is 3. The third kappa shape index (κ3) is 2.62. The molecular formula is C25H19N. The summed E-state index contributed by atoms with van der Waals surface area (Å²) in [5, 5.41) is 5.09. The lowest BCUT2D eigenvalue weighted by Crippen LogP contribution is -1.95. The van der Waals surface area contributed by atoms with Crippen LogP contribution in [0.1, 0.15) is 11.1 Å². The van der Waals surface area contributed by atoms with E-state index in [0.717, 1.165) is 23.9 Å². The standard InChI is InChI=1S/C25H19N/c1-3-13-23-18(7-1)9-5-10-19(23)15-16-20-11-6-12-22-17-21-8-2-4-14-24(21)26-25(20)22/h1-14,17H,15-16H2. The summed E-state index contributed by atoms with van der Waals surface area (Å²) in [6, 6.07) is 32.4. The van der Waals surface area contributed by atoms with Gasteiger partial charge in [-0.1, -0.05) is 78.9 Å². The number of aryl methyl sites for hydroxylation is 2. The molecule has 0 saturated heterocycles. The Morgan fingerprint density at radius 3 is 2.12 bits per heavy atom. The van der Waals surface area contributed by atoms with Crippen molar-refractivity contribution in [3.05, 3.63) is 102 Å². The largest absolute Gasteiger partial charge is 0.248 e. The van der Waals surface area contributed by atoms with Crippen molar-refractivity contribution in [3.8, 4) is 0 Å². The lowest BCUT2D eigenvalue weighted by atomic mass is 9.97. The van der Waals surface area contributed by atoms with Crippen molar-refractivity contribution in [2.45, 2.75) is 12.8 Å². The third-order valence-electron chi connectivity index (χ3n) is 5.17. The van der Waals surface area contributed by atoms with Crippen molar-refractivity contribution in [3.63, 3.8) is 0 Å². The molecule has 0 atom stereocenters. The van der Waals surface area contributed by atoms with E-state index >= 15 is 0 Å². The Hall–Kier alpha value is -3.19. The second-order valence-corrected chi connectivity index (χ2v) is 6.81. The second kappa shape index (κ2) is 6.27. The molecule has 0 saturated carbocycles. The molecule has 0 spiro atoms. The molecule has 1 heteroatoms. The Morgan fingerprint density at radius 1 is 0.538 bits per heavy atom. The van der Waals surface area contributed by atoms with Gasteiger partial charge in [0.15, 0.2) is 0 Å². The van der Waals surface area contributed by atoms with Gasteiger partial charge in [-0.2, -0.15) is 0 Å². The van der Waals surface area contributed by atoms with Crippen LogP contribution in [0.3, 0.4) is 0 Å². The SMILES string of the molecule is c1ccc2nc3c(CCc4cccc5ccccc45)cccc3cc2c1. The van der Waals surface area contributed by atoms with Crippen LogP contribution in [0, 0.1) is 0 Å². The fourth-order valence-corrected chi connectivity index (χ4v) is 3.84. The van der Waals surface area contributed by atoms with Gasteiger partial charge in [0.25, 0.3) is 0 Å². The highest BCUT2D eigenvalue weighted by Crippen LogP contribution is 2.25. The molecule has 0 aliphatic rings. The highest BCUT2D eigenvalue weighted by Gasteiger charge is 2.07. The zero-order valence-corrected chi connectivity index (χ0v) is 14.5. The van der Waals surface area contributed by atoms with Crippen molar-refractivity contribution in [2.75, 3.05) is 0 Å². The average Bonchev–Trinajstić information content (AvgIpc) is 2.70. The van der Waals surface area contributed by atoms with Gasteiger partial charge in [0, 0.05) is 10.8 Å². The Kier molecular flexibility index (Phi) is 3.64. The van der Waals surface area contributed by atoms with Crippen LogP contribution in [-0.4, -0.2) is 4.98 Å². The lowest BCUT2D eigenvalue weighted by molar-refractivity contribution is 0.975. The van der Waals surface area contributed by atoms with Gasteiger partial charge in [0.05, 0.1) is 11.0 Å². The van der Waals surface area contributed by atoms with Gasteiger partial charge in [0.2, 0.25) is 0 Å². The molecular weight excluding hydrogens is 314 g/mol. The van der Waals surface area contributed by atoms with Crippen molar-refractivity contribution < 1.29 is 0 Å². The van der Waals surface area contributed by atoms with E-state index < -0.39 is 0 Å². The number of pyridine rings is 1. The predicted molar refractivity (Wildman–Crippen MR) is 111 cm³/mol. The number of hydrogen-bond acceptors (Lipinski definition) is 1. The van der Waals surface area contributed by atoms with E-state index in [4.69, 9.17) is 4.98 Å². The molecule has 0 bridgehead atoms. The normalized spacial score (nSPS) is 11.4. The molecule has 0 unspecified atom stereocenters. The highest BCUT2D eigenvalue weighted by atomic mass is 14.7. The minimum absolute atomic E-state index is 0.997. The van der Waals surface area contributed by atoms with Crippen LogP contribution in [-0.2, 0) is 12.8 Å².